The molecule has 0 aliphatic carbocycles. The fourth-order valence-corrected chi connectivity index (χ4v) is 2.00. The van der Waals surface area contributed by atoms with Gasteiger partial charge in [-0.15, -0.1) is 0 Å². The molecule has 27 heavy (non-hydrogen) atoms. The van der Waals surface area contributed by atoms with Crippen molar-refractivity contribution in [2.24, 2.45) is 0 Å². The highest BCUT2D eigenvalue weighted by Crippen LogP contribution is 2.24. The molecule has 0 aliphatic rings. The third-order valence-corrected chi connectivity index (χ3v) is 3.43. The first-order valence-corrected chi connectivity index (χ1v) is 7.53. The summed E-state index contributed by atoms with van der Waals surface area (Å²) < 4.78 is 4.80. The van der Waals surface area contributed by atoms with E-state index in [1.807, 2.05) is 0 Å². The van der Waals surface area contributed by atoms with Crippen LogP contribution in [0.3, 0.4) is 0 Å². The average Bonchev–Trinajstić information content (AvgIpc) is 2.63. The number of ether oxygens (including phenoxy) is 1. The van der Waals surface area contributed by atoms with E-state index in [1.54, 1.807) is 13.1 Å². The Morgan fingerprint density at radius 2 is 1.96 bits per heavy atom. The molecule has 0 aliphatic heterocycles. The summed E-state index contributed by atoms with van der Waals surface area (Å²) in [5.74, 6) is -1.03. The van der Waals surface area contributed by atoms with Gasteiger partial charge in [0.25, 0.3) is 0 Å². The van der Waals surface area contributed by atoms with Crippen molar-refractivity contribution in [3.05, 3.63) is 52.9 Å². The first kappa shape index (κ1) is 23.9. The predicted octanol–water partition coefficient (Wildman–Crippen LogP) is -0.459. The van der Waals surface area contributed by atoms with Crippen molar-refractivity contribution in [3.63, 3.8) is 0 Å². The molecule has 9 nitrogen and oxygen atoms in total. The van der Waals surface area contributed by atoms with E-state index in [0.717, 1.165) is 6.08 Å². The molecule has 0 saturated carbocycles. The summed E-state index contributed by atoms with van der Waals surface area (Å²) in [4.78, 5) is 13.0. The van der Waals surface area contributed by atoms with Crippen molar-refractivity contribution in [2.45, 2.75) is 20.1 Å². The molecule has 1 aromatic heterocycles. The summed E-state index contributed by atoms with van der Waals surface area (Å²) in [7, 11) is 1.39. The molecule has 7 N–H and O–H groups in total. The van der Waals surface area contributed by atoms with Gasteiger partial charge in [-0.05, 0) is 17.7 Å². The quantitative estimate of drug-likeness (QED) is 0.506. The van der Waals surface area contributed by atoms with E-state index in [9.17, 15) is 15.0 Å². The lowest BCUT2D eigenvalue weighted by molar-refractivity contribution is -0.389. The largest absolute Gasteiger partial charge is 0.870 e. The number of aliphatic hydroxyl groups is 2. The fourth-order valence-electron chi connectivity index (χ4n) is 2.00. The van der Waals surface area contributed by atoms with Crippen molar-refractivity contribution in [1.82, 2.24) is 0 Å². The molecule has 148 valence electrons. The highest BCUT2D eigenvalue weighted by atomic mass is 16.5. The van der Waals surface area contributed by atoms with E-state index in [2.05, 4.69) is 4.98 Å². The fraction of sp³-hybridized carbons (Fsp3) is 0.222. The Morgan fingerprint density at radius 1 is 1.30 bits per heavy atom. The maximum atomic E-state index is 11.1. The van der Waals surface area contributed by atoms with E-state index in [-0.39, 0.29) is 35.9 Å². The van der Waals surface area contributed by atoms with Gasteiger partial charge in [0.1, 0.15) is 5.75 Å². The number of aromatic hydroxyl groups is 1. The standard InChI is InChI=1S/C10H10O4.C8H11NO3.H2O/c1-14-9-6-7(2-4-8(9)11)3-5-10(12)13;1-5-8(12)7(4-11)6(3-10)2-9-5;/h2-6,11H,1H3,(H,12,13);2,10-12H,3-4H2,1H3;1H2/b5-3+;;. The van der Waals surface area contributed by atoms with Gasteiger partial charge >= 0.3 is 5.97 Å². The molecule has 0 radical (unpaired) electrons. The molecule has 0 amide bonds. The number of aliphatic carboxylic acids is 1. The van der Waals surface area contributed by atoms with Crippen molar-refractivity contribution >= 4 is 12.0 Å². The molecule has 2 aromatic rings. The molecule has 0 bridgehead atoms. The Labute approximate surface area is 155 Å². The van der Waals surface area contributed by atoms with Crippen LogP contribution in [0.15, 0.2) is 30.5 Å². The van der Waals surface area contributed by atoms with Gasteiger partial charge in [-0.3, -0.25) is 0 Å². The van der Waals surface area contributed by atoms with Gasteiger partial charge in [0.05, 0.1) is 25.9 Å². The number of nitrogens with one attached hydrogen (secondary N) is 1. The maximum absolute atomic E-state index is 11.1. The van der Waals surface area contributed by atoms with Crippen LogP contribution in [0.2, 0.25) is 0 Å². The van der Waals surface area contributed by atoms with Crippen molar-refractivity contribution < 1.29 is 45.5 Å². The van der Waals surface area contributed by atoms with Gasteiger partial charge in [0.2, 0.25) is 5.69 Å². The van der Waals surface area contributed by atoms with Crippen LogP contribution < -0.4 is 14.8 Å². The highest BCUT2D eigenvalue weighted by Gasteiger charge is 2.13. The second kappa shape index (κ2) is 11.5. The number of carboxylic acids is 1. The zero-order chi connectivity index (χ0) is 19.7. The molecule has 0 saturated heterocycles. The van der Waals surface area contributed by atoms with E-state index < -0.39 is 5.97 Å². The minimum atomic E-state index is -1.03. The van der Waals surface area contributed by atoms with Crippen LogP contribution in [0.5, 0.6) is 17.2 Å². The third kappa shape index (κ3) is 6.94. The molecule has 1 aromatic carbocycles. The van der Waals surface area contributed by atoms with Crippen LogP contribution in [0, 0.1) is 6.92 Å². The van der Waals surface area contributed by atoms with E-state index in [0.29, 0.717) is 22.4 Å². The Kier molecular flexibility index (Phi) is 10.1. The zero-order valence-electron chi connectivity index (χ0n) is 14.9. The number of H-pyrrole nitrogens is 1. The molecule has 0 spiro atoms. The summed E-state index contributed by atoms with van der Waals surface area (Å²) in [5.41, 5.74) is 2.09. The van der Waals surface area contributed by atoms with Gasteiger partial charge in [-0.25, -0.2) is 9.78 Å². The minimum absolute atomic E-state index is 0. The topological polar surface area (TPSA) is 176 Å². The number of carbonyl (C=O) groups is 1. The third-order valence-electron chi connectivity index (χ3n) is 3.43. The lowest BCUT2D eigenvalue weighted by Crippen LogP contribution is -2.11. The smallest absolute Gasteiger partial charge is 0.328 e. The molecular formula is C18H23NO8. The number of aryl methyl sites for hydroxylation is 1. The van der Waals surface area contributed by atoms with Crippen molar-refractivity contribution in [2.75, 3.05) is 7.11 Å². The van der Waals surface area contributed by atoms with Gasteiger partial charge in [0.15, 0.2) is 11.9 Å². The van der Waals surface area contributed by atoms with Gasteiger partial charge in [-0.1, -0.05) is 17.9 Å². The molecule has 0 unspecified atom stereocenters. The Bertz CT molecular complexity index is 789. The summed E-state index contributed by atoms with van der Waals surface area (Å²) in [6.07, 6.45) is 3.96. The first-order chi connectivity index (χ1) is 12.3. The summed E-state index contributed by atoms with van der Waals surface area (Å²) in [5, 5.41) is 46.6. The summed E-state index contributed by atoms with van der Waals surface area (Å²) in [6, 6.07) is 4.35. The first-order valence-electron chi connectivity index (χ1n) is 7.53. The molecule has 1 heterocycles. The van der Waals surface area contributed by atoms with Crippen LogP contribution in [0.4, 0.5) is 0 Å². The van der Waals surface area contributed by atoms with E-state index >= 15 is 0 Å². The molecular weight excluding hydrogens is 358 g/mol. The number of hydrogen-bond acceptors (Lipinski definition) is 6. The SMILES string of the molecule is COc1cc(/C=C/C(=O)O)ccc1[O-].Cc1[nH+]cc(CO)c(CO)c1O.O. The van der Waals surface area contributed by atoms with Crippen LogP contribution in [0.1, 0.15) is 22.4 Å². The summed E-state index contributed by atoms with van der Waals surface area (Å²) >= 11 is 0. The Hall–Kier alpha value is -3.14. The number of rotatable bonds is 5. The normalized spacial score (nSPS) is 9.93. The molecule has 9 heteroatoms. The highest BCUT2D eigenvalue weighted by molar-refractivity contribution is 5.85. The molecule has 0 fully saturated rings. The molecule has 2 rings (SSSR count). The van der Waals surface area contributed by atoms with Crippen LogP contribution in [-0.2, 0) is 18.0 Å². The number of carboxylic acid groups (broad SMARTS) is 1. The van der Waals surface area contributed by atoms with Gasteiger partial charge in [0, 0.05) is 18.6 Å². The monoisotopic (exact) mass is 381 g/mol. The number of methoxy groups -OCH3 is 1. The number of aliphatic hydroxyl groups excluding tert-OH is 2. The second-order valence-corrected chi connectivity index (χ2v) is 5.16. The van der Waals surface area contributed by atoms with Crippen molar-refractivity contribution in [3.8, 4) is 17.2 Å². The van der Waals surface area contributed by atoms with E-state index in [1.165, 1.54) is 31.4 Å². The van der Waals surface area contributed by atoms with Crippen LogP contribution in [0.25, 0.3) is 6.08 Å². The second-order valence-electron chi connectivity index (χ2n) is 5.16. The molecule has 0 atom stereocenters. The number of aromatic nitrogens is 1. The average molecular weight is 381 g/mol. The maximum Gasteiger partial charge on any atom is 0.328 e. The number of benzene rings is 1. The number of pyridine rings is 1. The number of hydrogen-bond donors (Lipinski definition) is 4. The lowest BCUT2D eigenvalue weighted by atomic mass is 10.1. The van der Waals surface area contributed by atoms with Gasteiger partial charge < -0.3 is 35.7 Å². The lowest BCUT2D eigenvalue weighted by Gasteiger charge is -2.11. The minimum Gasteiger partial charge on any atom is -0.870 e. The summed E-state index contributed by atoms with van der Waals surface area (Å²) in [6.45, 7) is 1.23. The Balaban J connectivity index is 0.000000488. The van der Waals surface area contributed by atoms with Crippen LogP contribution in [-0.4, -0.2) is 39.0 Å². The predicted molar refractivity (Wildman–Crippen MR) is 94.0 cm³/mol. The number of aromatic amines is 1. The van der Waals surface area contributed by atoms with Crippen molar-refractivity contribution in [1.29, 1.82) is 0 Å². The Morgan fingerprint density at radius 3 is 2.48 bits per heavy atom. The van der Waals surface area contributed by atoms with Gasteiger partial charge in [-0.2, -0.15) is 0 Å². The zero-order valence-corrected chi connectivity index (χ0v) is 14.9. The van der Waals surface area contributed by atoms with Crippen LogP contribution >= 0.6 is 0 Å². The van der Waals surface area contributed by atoms with E-state index in [4.69, 9.17) is 20.1 Å².